The highest BCUT2D eigenvalue weighted by molar-refractivity contribution is 5.92. The molecular formula is C26H38FN3O3. The molecule has 0 radical (unpaired) electrons. The van der Waals surface area contributed by atoms with Crippen molar-refractivity contribution < 1.29 is 18.7 Å². The van der Waals surface area contributed by atoms with E-state index in [0.717, 1.165) is 75.7 Å². The highest BCUT2D eigenvalue weighted by atomic mass is 19.1. The number of piperazine rings is 1. The second-order valence-electron chi connectivity index (χ2n) is 10.1. The number of carbonyl (C=O) groups is 2. The molecule has 1 aromatic carbocycles. The van der Waals surface area contributed by atoms with Crippen LogP contribution in [-0.4, -0.2) is 60.0 Å². The predicted molar refractivity (Wildman–Crippen MR) is 126 cm³/mol. The summed E-state index contributed by atoms with van der Waals surface area (Å²) in [6, 6.07) is 3.12. The Morgan fingerprint density at radius 1 is 1.12 bits per heavy atom. The van der Waals surface area contributed by atoms with Gasteiger partial charge in [-0.05, 0) is 69.2 Å². The summed E-state index contributed by atoms with van der Waals surface area (Å²) < 4.78 is 20.1. The van der Waals surface area contributed by atoms with Crippen LogP contribution in [0.15, 0.2) is 12.1 Å². The number of anilines is 1. The van der Waals surface area contributed by atoms with Gasteiger partial charge in [-0.3, -0.25) is 14.5 Å². The first-order chi connectivity index (χ1) is 15.9. The molecule has 1 aliphatic carbocycles. The molecule has 0 bridgehead atoms. The lowest BCUT2D eigenvalue weighted by Gasteiger charge is -2.41. The van der Waals surface area contributed by atoms with Crippen molar-refractivity contribution in [2.24, 2.45) is 5.92 Å². The van der Waals surface area contributed by atoms with Crippen LogP contribution >= 0.6 is 0 Å². The van der Waals surface area contributed by atoms with Crippen molar-refractivity contribution in [2.45, 2.75) is 83.9 Å². The lowest BCUT2D eigenvalue weighted by molar-refractivity contribution is -0.140. The number of nitrogens with zero attached hydrogens (tertiary/aromatic N) is 2. The van der Waals surface area contributed by atoms with Gasteiger partial charge in [0.1, 0.15) is 5.82 Å². The molecule has 2 heterocycles. The lowest BCUT2D eigenvalue weighted by atomic mass is 10.0. The van der Waals surface area contributed by atoms with Gasteiger partial charge in [0.25, 0.3) is 0 Å². The first-order valence-corrected chi connectivity index (χ1v) is 12.6. The molecule has 1 saturated carbocycles. The number of amides is 2. The molecule has 2 saturated heterocycles. The topological polar surface area (TPSA) is 61.9 Å². The average Bonchev–Trinajstić information content (AvgIpc) is 3.32. The van der Waals surface area contributed by atoms with E-state index in [-0.39, 0.29) is 29.8 Å². The van der Waals surface area contributed by atoms with Crippen molar-refractivity contribution in [2.75, 3.05) is 31.6 Å². The van der Waals surface area contributed by atoms with Crippen molar-refractivity contribution in [1.29, 1.82) is 0 Å². The van der Waals surface area contributed by atoms with Gasteiger partial charge < -0.3 is 15.0 Å². The number of hydrogen-bond donors (Lipinski definition) is 1. The van der Waals surface area contributed by atoms with Gasteiger partial charge in [0.05, 0.1) is 12.5 Å². The quantitative estimate of drug-likeness (QED) is 0.691. The Morgan fingerprint density at radius 2 is 1.88 bits per heavy atom. The van der Waals surface area contributed by atoms with Crippen molar-refractivity contribution in [3.63, 3.8) is 0 Å². The summed E-state index contributed by atoms with van der Waals surface area (Å²) in [5.41, 5.74) is 2.31. The molecule has 2 amide bonds. The second-order valence-corrected chi connectivity index (χ2v) is 10.1. The Bertz CT molecular complexity index is 849. The van der Waals surface area contributed by atoms with Crippen molar-refractivity contribution in [3.8, 4) is 0 Å². The summed E-state index contributed by atoms with van der Waals surface area (Å²) in [6.45, 7) is 7.62. The van der Waals surface area contributed by atoms with E-state index < -0.39 is 0 Å². The van der Waals surface area contributed by atoms with E-state index in [0.29, 0.717) is 31.2 Å². The van der Waals surface area contributed by atoms with E-state index in [4.69, 9.17) is 4.74 Å². The minimum atomic E-state index is -0.345. The fourth-order valence-corrected chi connectivity index (χ4v) is 5.56. The summed E-state index contributed by atoms with van der Waals surface area (Å²) in [4.78, 5) is 29.7. The smallest absolute Gasteiger partial charge is 0.226 e. The van der Waals surface area contributed by atoms with Crippen molar-refractivity contribution in [3.05, 3.63) is 29.1 Å². The molecule has 7 heteroatoms. The highest BCUT2D eigenvalue weighted by Crippen LogP contribution is 2.29. The molecule has 0 spiro atoms. The van der Waals surface area contributed by atoms with Crippen LogP contribution in [0, 0.1) is 18.7 Å². The Morgan fingerprint density at radius 3 is 2.58 bits per heavy atom. The molecule has 3 aliphatic rings. The van der Waals surface area contributed by atoms with E-state index in [9.17, 15) is 14.0 Å². The number of carbonyl (C=O) groups excluding carboxylic acids is 2. The number of nitrogens with one attached hydrogen (secondary N) is 1. The zero-order valence-electron chi connectivity index (χ0n) is 20.1. The molecule has 33 heavy (non-hydrogen) atoms. The van der Waals surface area contributed by atoms with Gasteiger partial charge in [0, 0.05) is 50.4 Å². The van der Waals surface area contributed by atoms with E-state index >= 15 is 0 Å². The average molecular weight is 460 g/mol. The summed E-state index contributed by atoms with van der Waals surface area (Å²) in [5, 5.41) is 2.91. The fourth-order valence-electron chi connectivity index (χ4n) is 5.56. The van der Waals surface area contributed by atoms with Gasteiger partial charge in [-0.1, -0.05) is 12.8 Å². The third kappa shape index (κ3) is 6.12. The molecule has 4 rings (SSSR count). The minimum absolute atomic E-state index is 0.0446. The Labute approximate surface area is 196 Å². The minimum Gasteiger partial charge on any atom is -0.378 e. The van der Waals surface area contributed by atoms with E-state index in [2.05, 4.69) is 17.1 Å². The number of ether oxygens (including phenoxy) is 1. The molecule has 2 unspecified atom stereocenters. The maximum atomic E-state index is 14.4. The zero-order chi connectivity index (χ0) is 23.4. The van der Waals surface area contributed by atoms with Gasteiger partial charge >= 0.3 is 0 Å². The SMILES string of the molecule is Cc1c(CN2CCN(C(=O)C3CCCC3)C(C)C2)cc(F)cc1NC(=O)CC1CCCCO1. The number of halogens is 1. The number of rotatable bonds is 6. The van der Waals surface area contributed by atoms with E-state index in [1.807, 2.05) is 11.8 Å². The van der Waals surface area contributed by atoms with E-state index in [1.165, 1.54) is 6.07 Å². The van der Waals surface area contributed by atoms with Gasteiger partial charge in [-0.15, -0.1) is 0 Å². The molecule has 1 aromatic rings. The molecule has 1 N–H and O–H groups in total. The van der Waals surface area contributed by atoms with Gasteiger partial charge in [-0.25, -0.2) is 4.39 Å². The summed E-state index contributed by atoms with van der Waals surface area (Å²) in [5.74, 6) is 0.0419. The molecule has 182 valence electrons. The first-order valence-electron chi connectivity index (χ1n) is 12.6. The lowest BCUT2D eigenvalue weighted by Crippen LogP contribution is -2.54. The van der Waals surface area contributed by atoms with Crippen molar-refractivity contribution >= 4 is 17.5 Å². The molecular weight excluding hydrogens is 421 g/mol. The zero-order valence-corrected chi connectivity index (χ0v) is 20.1. The third-order valence-electron chi connectivity index (χ3n) is 7.53. The highest BCUT2D eigenvalue weighted by Gasteiger charge is 2.33. The monoisotopic (exact) mass is 459 g/mol. The van der Waals surface area contributed by atoms with Crippen LogP contribution in [0.25, 0.3) is 0 Å². The van der Waals surface area contributed by atoms with Gasteiger partial charge in [0.2, 0.25) is 11.8 Å². The standard InChI is InChI=1S/C26H38FN3O3/c1-18-16-29(10-11-30(18)26(32)20-7-3-4-8-20)17-21-13-22(27)14-24(19(21)2)28-25(31)15-23-9-5-6-12-33-23/h13-14,18,20,23H,3-12,15-17H2,1-2H3,(H,28,31). The van der Waals surface area contributed by atoms with Crippen LogP contribution in [0.2, 0.25) is 0 Å². The van der Waals surface area contributed by atoms with Crippen LogP contribution < -0.4 is 5.32 Å². The Kier molecular flexibility index (Phi) is 8.02. The number of hydrogen-bond acceptors (Lipinski definition) is 4. The first kappa shape index (κ1) is 24.1. The van der Waals surface area contributed by atoms with Gasteiger partial charge in [-0.2, -0.15) is 0 Å². The summed E-state index contributed by atoms with van der Waals surface area (Å²) in [6.07, 6.45) is 7.66. The van der Waals surface area contributed by atoms with Crippen LogP contribution in [0.1, 0.15) is 69.4 Å². The third-order valence-corrected chi connectivity index (χ3v) is 7.53. The Balaban J connectivity index is 1.35. The predicted octanol–water partition coefficient (Wildman–Crippen LogP) is 4.25. The molecule has 3 fully saturated rings. The molecule has 2 aliphatic heterocycles. The normalized spacial score (nSPS) is 24.8. The fraction of sp³-hybridized carbons (Fsp3) is 0.692. The largest absolute Gasteiger partial charge is 0.378 e. The maximum absolute atomic E-state index is 14.4. The van der Waals surface area contributed by atoms with Gasteiger partial charge in [0.15, 0.2) is 0 Å². The molecule has 0 aromatic heterocycles. The van der Waals surface area contributed by atoms with Crippen molar-refractivity contribution in [1.82, 2.24) is 9.80 Å². The molecule has 2 atom stereocenters. The van der Waals surface area contributed by atoms with E-state index in [1.54, 1.807) is 6.07 Å². The Hall–Kier alpha value is -1.99. The van der Waals surface area contributed by atoms with Crippen LogP contribution in [0.5, 0.6) is 0 Å². The summed E-state index contributed by atoms with van der Waals surface area (Å²) >= 11 is 0. The second kappa shape index (κ2) is 11.0. The van der Waals surface area contributed by atoms with Crippen LogP contribution in [-0.2, 0) is 20.9 Å². The maximum Gasteiger partial charge on any atom is 0.226 e. The number of benzene rings is 1. The van der Waals surface area contributed by atoms with Crippen LogP contribution in [0.3, 0.4) is 0 Å². The molecule has 6 nitrogen and oxygen atoms in total. The van der Waals surface area contributed by atoms with Crippen LogP contribution in [0.4, 0.5) is 10.1 Å². The summed E-state index contributed by atoms with van der Waals surface area (Å²) in [7, 11) is 0.